The molecular weight excluding hydrogens is 294 g/mol. The molecule has 0 aliphatic carbocycles. The summed E-state index contributed by atoms with van der Waals surface area (Å²) in [5.41, 5.74) is -0.0810. The van der Waals surface area contributed by atoms with Crippen molar-refractivity contribution in [1.29, 1.82) is 0 Å². The van der Waals surface area contributed by atoms with Crippen molar-refractivity contribution in [3.63, 3.8) is 0 Å². The maximum absolute atomic E-state index is 11.2. The van der Waals surface area contributed by atoms with Crippen LogP contribution in [0.15, 0.2) is 15.8 Å². The predicted octanol–water partition coefficient (Wildman–Crippen LogP) is 1.42. The van der Waals surface area contributed by atoms with Crippen LogP contribution in [0.25, 0.3) is 0 Å². The number of rotatable bonds is 5. The fourth-order valence-corrected chi connectivity index (χ4v) is 2.17. The molecule has 0 atom stereocenters. The molecular formula is C12H17N5O3S. The second-order valence-electron chi connectivity index (χ2n) is 5.35. The lowest BCUT2D eigenvalue weighted by Gasteiger charge is -2.12. The summed E-state index contributed by atoms with van der Waals surface area (Å²) < 4.78 is 11.7. The van der Waals surface area contributed by atoms with Crippen molar-refractivity contribution >= 4 is 17.7 Å². The molecule has 9 heteroatoms. The average molecular weight is 311 g/mol. The van der Waals surface area contributed by atoms with Gasteiger partial charge in [0, 0.05) is 5.41 Å². The van der Waals surface area contributed by atoms with Crippen LogP contribution in [0.1, 0.15) is 32.4 Å². The van der Waals surface area contributed by atoms with E-state index in [1.807, 2.05) is 0 Å². The number of hydrogen-bond donors (Lipinski definition) is 0. The highest BCUT2D eigenvalue weighted by atomic mass is 32.2. The van der Waals surface area contributed by atoms with E-state index in [0.717, 1.165) is 5.76 Å². The minimum Gasteiger partial charge on any atom is -0.468 e. The van der Waals surface area contributed by atoms with E-state index in [1.165, 1.54) is 23.6 Å². The number of tetrazole rings is 1. The lowest BCUT2D eigenvalue weighted by atomic mass is 9.94. The van der Waals surface area contributed by atoms with Gasteiger partial charge < -0.3 is 9.15 Å². The van der Waals surface area contributed by atoms with Crippen molar-refractivity contribution in [2.75, 3.05) is 7.11 Å². The first kappa shape index (κ1) is 15.5. The molecule has 0 unspecified atom stereocenters. The molecule has 0 aliphatic heterocycles. The highest BCUT2D eigenvalue weighted by Gasteiger charge is 2.19. The maximum Gasteiger partial charge on any atom is 0.327 e. The van der Waals surface area contributed by atoms with Gasteiger partial charge in [0.25, 0.3) is 0 Å². The van der Waals surface area contributed by atoms with Crippen molar-refractivity contribution in [3.05, 3.63) is 17.8 Å². The maximum atomic E-state index is 11.2. The minimum atomic E-state index is -0.407. The van der Waals surface area contributed by atoms with E-state index in [0.29, 0.717) is 16.8 Å². The van der Waals surface area contributed by atoms with Gasteiger partial charge in [0.15, 0.2) is 0 Å². The Bertz CT molecular complexity index is 616. The Morgan fingerprint density at radius 2 is 2.24 bits per heavy atom. The molecule has 2 aromatic rings. The predicted molar refractivity (Wildman–Crippen MR) is 74.6 cm³/mol. The summed E-state index contributed by atoms with van der Waals surface area (Å²) >= 11 is 1.35. The largest absolute Gasteiger partial charge is 0.468 e. The van der Waals surface area contributed by atoms with Crippen LogP contribution in [0.4, 0.5) is 0 Å². The van der Waals surface area contributed by atoms with Crippen LogP contribution in [-0.4, -0.2) is 38.3 Å². The number of hydrogen-bond acceptors (Lipinski definition) is 8. The summed E-state index contributed by atoms with van der Waals surface area (Å²) in [6.45, 7) is 6.15. The van der Waals surface area contributed by atoms with Crippen LogP contribution in [0.3, 0.4) is 0 Å². The Labute approximate surface area is 126 Å². The van der Waals surface area contributed by atoms with Gasteiger partial charge in [-0.15, -0.1) is 5.10 Å². The van der Waals surface area contributed by atoms with E-state index in [9.17, 15) is 4.79 Å². The fraction of sp³-hybridized carbons (Fsp3) is 0.583. The average Bonchev–Trinajstić information content (AvgIpc) is 3.04. The third kappa shape index (κ3) is 4.03. The number of nitrogens with zero attached hydrogens (tertiary/aromatic N) is 5. The number of esters is 1. The summed E-state index contributed by atoms with van der Waals surface area (Å²) in [5, 5.41) is 11.7. The first-order chi connectivity index (χ1) is 9.90. The van der Waals surface area contributed by atoms with Gasteiger partial charge in [-0.2, -0.15) is 0 Å². The molecule has 0 radical (unpaired) electrons. The smallest absolute Gasteiger partial charge is 0.327 e. The highest BCUT2D eigenvalue weighted by molar-refractivity contribution is 7.98. The summed E-state index contributed by atoms with van der Waals surface area (Å²) in [7, 11) is 1.32. The Morgan fingerprint density at radius 3 is 2.86 bits per heavy atom. The van der Waals surface area contributed by atoms with Crippen molar-refractivity contribution in [3.8, 4) is 0 Å². The fourth-order valence-electron chi connectivity index (χ4n) is 1.44. The van der Waals surface area contributed by atoms with Crippen LogP contribution in [0.5, 0.6) is 0 Å². The van der Waals surface area contributed by atoms with Crippen LogP contribution >= 0.6 is 11.8 Å². The molecule has 8 nitrogen and oxygen atoms in total. The third-order valence-corrected chi connectivity index (χ3v) is 3.56. The van der Waals surface area contributed by atoms with Crippen molar-refractivity contribution < 1.29 is 13.9 Å². The number of carbonyl (C=O) groups excluding carboxylic acids is 1. The first-order valence-electron chi connectivity index (χ1n) is 6.31. The standard InChI is InChI=1S/C12H17N5O3S/c1-12(2,3)8-5-13-9(20-8)7-21-11-14-15-16-17(11)6-10(18)19-4/h5H,6-7H2,1-4H3. The third-order valence-electron chi connectivity index (χ3n) is 2.62. The molecule has 0 fully saturated rings. The molecule has 2 rings (SSSR count). The molecule has 0 amide bonds. The van der Waals surface area contributed by atoms with Crippen molar-refractivity contribution in [2.24, 2.45) is 0 Å². The second kappa shape index (κ2) is 6.25. The Hall–Kier alpha value is -1.90. The van der Waals surface area contributed by atoms with E-state index in [1.54, 1.807) is 6.20 Å². The zero-order valence-electron chi connectivity index (χ0n) is 12.4. The SMILES string of the molecule is COC(=O)Cn1nnnc1SCc1ncc(C(C)(C)C)o1. The summed E-state index contributed by atoms with van der Waals surface area (Å²) in [6, 6.07) is 0. The van der Waals surface area contributed by atoms with Crippen LogP contribution in [0.2, 0.25) is 0 Å². The van der Waals surface area contributed by atoms with Crippen molar-refractivity contribution in [1.82, 2.24) is 25.2 Å². The van der Waals surface area contributed by atoms with Crippen LogP contribution < -0.4 is 0 Å². The molecule has 0 bridgehead atoms. The van der Waals surface area contributed by atoms with Crippen LogP contribution in [-0.2, 0) is 27.2 Å². The molecule has 2 heterocycles. The van der Waals surface area contributed by atoms with E-state index < -0.39 is 5.97 Å². The number of carbonyl (C=O) groups is 1. The lowest BCUT2D eigenvalue weighted by molar-refractivity contribution is -0.141. The van der Waals surface area contributed by atoms with Gasteiger partial charge in [-0.25, -0.2) is 9.67 Å². The first-order valence-corrected chi connectivity index (χ1v) is 7.29. The highest BCUT2D eigenvalue weighted by Crippen LogP contribution is 2.25. The zero-order valence-corrected chi connectivity index (χ0v) is 13.2. The summed E-state index contributed by atoms with van der Waals surface area (Å²) in [4.78, 5) is 15.5. The minimum absolute atomic E-state index is 0.0232. The van der Waals surface area contributed by atoms with E-state index in [4.69, 9.17) is 4.42 Å². The number of oxazole rings is 1. The van der Waals surface area contributed by atoms with E-state index >= 15 is 0 Å². The van der Waals surface area contributed by atoms with Gasteiger partial charge in [-0.05, 0) is 10.4 Å². The Kier molecular flexibility index (Phi) is 4.61. The van der Waals surface area contributed by atoms with Gasteiger partial charge in [-0.3, -0.25) is 4.79 Å². The number of thioether (sulfide) groups is 1. The molecule has 0 N–H and O–H groups in total. The van der Waals surface area contributed by atoms with Crippen LogP contribution in [0, 0.1) is 0 Å². The molecule has 21 heavy (non-hydrogen) atoms. The van der Waals surface area contributed by atoms with Gasteiger partial charge in [0.2, 0.25) is 11.0 Å². The van der Waals surface area contributed by atoms with Gasteiger partial charge in [0.1, 0.15) is 12.3 Å². The summed E-state index contributed by atoms with van der Waals surface area (Å²) in [6.07, 6.45) is 1.73. The molecule has 0 spiro atoms. The normalized spacial score (nSPS) is 11.6. The molecule has 0 aromatic carbocycles. The van der Waals surface area contributed by atoms with E-state index in [-0.39, 0.29) is 12.0 Å². The quantitative estimate of drug-likeness (QED) is 0.604. The molecule has 2 aromatic heterocycles. The van der Waals surface area contributed by atoms with E-state index in [2.05, 4.69) is 46.0 Å². The summed E-state index contributed by atoms with van der Waals surface area (Å²) in [5.74, 6) is 1.50. The van der Waals surface area contributed by atoms with Crippen molar-refractivity contribution in [2.45, 2.75) is 43.6 Å². The number of ether oxygens (including phenoxy) is 1. The van der Waals surface area contributed by atoms with Gasteiger partial charge >= 0.3 is 5.97 Å². The molecule has 0 saturated heterocycles. The van der Waals surface area contributed by atoms with Gasteiger partial charge in [0.05, 0.1) is 19.1 Å². The lowest BCUT2D eigenvalue weighted by Crippen LogP contribution is -2.13. The number of methoxy groups -OCH3 is 1. The Morgan fingerprint density at radius 1 is 1.48 bits per heavy atom. The molecule has 0 aliphatic rings. The monoisotopic (exact) mass is 311 g/mol. The zero-order chi connectivity index (χ0) is 15.5. The topological polar surface area (TPSA) is 95.9 Å². The second-order valence-corrected chi connectivity index (χ2v) is 6.29. The molecule has 0 saturated carbocycles. The Balaban J connectivity index is 1.99. The number of aromatic nitrogens is 5. The van der Waals surface area contributed by atoms with Gasteiger partial charge in [-0.1, -0.05) is 32.5 Å². The molecule has 114 valence electrons.